The van der Waals surface area contributed by atoms with E-state index < -0.39 is 0 Å². The van der Waals surface area contributed by atoms with Crippen molar-refractivity contribution in [3.05, 3.63) is 0 Å². The molecule has 0 heterocycles. The summed E-state index contributed by atoms with van der Waals surface area (Å²) in [6, 6.07) is 0. The summed E-state index contributed by atoms with van der Waals surface area (Å²) >= 11 is 20.8. The molecule has 1 atom stereocenters. The second kappa shape index (κ2) is 10.6. The summed E-state index contributed by atoms with van der Waals surface area (Å²) < 4.78 is 0.0842. The van der Waals surface area contributed by atoms with Gasteiger partial charge < -0.3 is 0 Å². The van der Waals surface area contributed by atoms with Crippen LogP contribution in [0.1, 0.15) is 0 Å². The predicted molar refractivity (Wildman–Crippen MR) is 83.0 cm³/mol. The minimum atomic E-state index is 0.0842. The van der Waals surface area contributed by atoms with E-state index in [2.05, 4.69) is 50.5 Å². The van der Waals surface area contributed by atoms with Crippen molar-refractivity contribution in [1.82, 2.24) is 0 Å². The molecular formula is C7H16S6. The molecule has 0 nitrogen and oxygen atoms in total. The van der Waals surface area contributed by atoms with Gasteiger partial charge in [0.15, 0.2) is 0 Å². The van der Waals surface area contributed by atoms with Crippen LogP contribution >= 0.6 is 74.0 Å². The Labute approximate surface area is 112 Å². The summed E-state index contributed by atoms with van der Waals surface area (Å²) in [5.41, 5.74) is 0. The topological polar surface area (TPSA) is 0 Å². The summed E-state index contributed by atoms with van der Waals surface area (Å²) in [6.07, 6.45) is 0. The molecule has 0 N–H and O–H groups in total. The van der Waals surface area contributed by atoms with Gasteiger partial charge in [0.1, 0.15) is 0 Å². The van der Waals surface area contributed by atoms with E-state index in [1.165, 1.54) is 11.5 Å². The molecule has 0 spiro atoms. The molecule has 0 aromatic heterocycles. The van der Waals surface area contributed by atoms with Crippen molar-refractivity contribution in [2.24, 2.45) is 0 Å². The van der Waals surface area contributed by atoms with Crippen molar-refractivity contribution in [2.75, 3.05) is 28.8 Å². The highest BCUT2D eigenvalue weighted by atomic mass is 32.2. The van der Waals surface area contributed by atoms with E-state index in [-0.39, 0.29) is 9.83 Å². The largest absolute Gasteiger partial charge is 0.179 e. The van der Waals surface area contributed by atoms with Crippen molar-refractivity contribution in [3.8, 4) is 0 Å². The van der Waals surface area contributed by atoms with E-state index >= 15 is 0 Å². The fourth-order valence-corrected chi connectivity index (χ4v) is 3.65. The Bertz CT molecular complexity index is 107. The smallest absolute Gasteiger partial charge is 0.0566 e. The van der Waals surface area contributed by atoms with Crippen molar-refractivity contribution in [2.45, 2.75) is 9.83 Å². The minimum absolute atomic E-state index is 0.0842. The summed E-state index contributed by atoms with van der Waals surface area (Å²) in [5.74, 6) is 5.54. The van der Waals surface area contributed by atoms with Gasteiger partial charge in [0.05, 0.1) is 4.58 Å². The predicted octanol–water partition coefficient (Wildman–Crippen LogP) is 2.87. The number of rotatable bonds is 8. The maximum atomic E-state index is 4.38. The molecule has 6 heteroatoms. The normalized spacial score (nSPS) is 13.6. The third-order valence-electron chi connectivity index (χ3n) is 1.24. The van der Waals surface area contributed by atoms with Gasteiger partial charge in [-0.05, 0) is 5.75 Å². The van der Waals surface area contributed by atoms with Crippen molar-refractivity contribution in [3.63, 3.8) is 0 Å². The lowest BCUT2D eigenvalue weighted by molar-refractivity contribution is 1.12. The van der Waals surface area contributed by atoms with Crippen molar-refractivity contribution in [1.29, 1.82) is 0 Å². The van der Waals surface area contributed by atoms with E-state index in [1.54, 1.807) is 0 Å². The van der Waals surface area contributed by atoms with Gasteiger partial charge in [0, 0.05) is 28.3 Å². The van der Waals surface area contributed by atoms with Crippen LogP contribution in [0.2, 0.25) is 0 Å². The van der Waals surface area contributed by atoms with Gasteiger partial charge in [0.2, 0.25) is 0 Å². The Hall–Kier alpha value is 2.10. The highest BCUT2D eigenvalue weighted by Gasteiger charge is 2.08. The first-order valence-electron chi connectivity index (χ1n) is 3.99. The molecule has 0 rings (SSSR count). The Morgan fingerprint density at radius 2 is 1.54 bits per heavy atom. The van der Waals surface area contributed by atoms with Gasteiger partial charge in [-0.2, -0.15) is 74.0 Å². The minimum Gasteiger partial charge on any atom is -0.179 e. The van der Waals surface area contributed by atoms with E-state index in [9.17, 15) is 0 Å². The molecule has 0 radical (unpaired) electrons. The third-order valence-corrected chi connectivity index (χ3v) is 6.02. The van der Waals surface area contributed by atoms with E-state index in [1.807, 2.05) is 23.5 Å². The molecule has 0 aliphatic heterocycles. The molecule has 80 valence electrons. The average molecular weight is 293 g/mol. The Balaban J connectivity index is 3.07. The van der Waals surface area contributed by atoms with Crippen molar-refractivity contribution < 1.29 is 0 Å². The van der Waals surface area contributed by atoms with E-state index in [0.29, 0.717) is 0 Å². The Kier molecular flexibility index (Phi) is 12.3. The van der Waals surface area contributed by atoms with Crippen LogP contribution in [-0.2, 0) is 0 Å². The first kappa shape index (κ1) is 15.1. The molecule has 0 saturated carbocycles. The lowest BCUT2D eigenvalue weighted by Gasteiger charge is -2.12. The van der Waals surface area contributed by atoms with Crippen LogP contribution in [-0.4, -0.2) is 38.6 Å². The van der Waals surface area contributed by atoms with Gasteiger partial charge in [0.25, 0.3) is 0 Å². The molecule has 0 aromatic carbocycles. The molecule has 0 saturated heterocycles. The maximum absolute atomic E-state index is 4.38. The second-order valence-corrected chi connectivity index (χ2v) is 7.40. The number of thiol groups is 4. The molecule has 0 fully saturated rings. The summed E-state index contributed by atoms with van der Waals surface area (Å²) in [7, 11) is 0. The summed E-state index contributed by atoms with van der Waals surface area (Å²) in [4.78, 5) is 0. The van der Waals surface area contributed by atoms with Crippen molar-refractivity contribution >= 4 is 74.0 Å². The van der Waals surface area contributed by atoms with Crippen LogP contribution in [0.5, 0.6) is 0 Å². The van der Waals surface area contributed by atoms with E-state index in [0.717, 1.165) is 17.3 Å². The van der Waals surface area contributed by atoms with Gasteiger partial charge in [-0.1, -0.05) is 0 Å². The fourth-order valence-electron chi connectivity index (χ4n) is 0.575. The monoisotopic (exact) mass is 292 g/mol. The van der Waals surface area contributed by atoms with Gasteiger partial charge in [-0.15, -0.1) is 0 Å². The zero-order chi connectivity index (χ0) is 10.1. The van der Waals surface area contributed by atoms with Crippen LogP contribution in [0.4, 0.5) is 0 Å². The Morgan fingerprint density at radius 1 is 0.923 bits per heavy atom. The highest BCUT2D eigenvalue weighted by molar-refractivity contribution is 8.04. The average Bonchev–Trinajstić information content (AvgIpc) is 2.10. The molecule has 13 heavy (non-hydrogen) atoms. The van der Waals surface area contributed by atoms with Gasteiger partial charge in [-0.3, -0.25) is 0 Å². The Morgan fingerprint density at radius 3 is 2.08 bits per heavy atom. The first-order chi connectivity index (χ1) is 6.18. The molecule has 0 aliphatic rings. The zero-order valence-corrected chi connectivity index (χ0v) is 12.5. The van der Waals surface area contributed by atoms with Crippen LogP contribution in [0.25, 0.3) is 0 Å². The third kappa shape index (κ3) is 10.4. The molecular weight excluding hydrogens is 276 g/mol. The molecule has 0 aliphatic carbocycles. The SMILES string of the molecule is SCCSCCSCC(S)C(S)S. The zero-order valence-electron chi connectivity index (χ0n) is 7.30. The molecule has 0 aromatic rings. The van der Waals surface area contributed by atoms with Crippen LogP contribution in [0.15, 0.2) is 0 Å². The van der Waals surface area contributed by atoms with Crippen LogP contribution in [0.3, 0.4) is 0 Å². The lowest BCUT2D eigenvalue weighted by atomic mass is 10.5. The first-order valence-corrected chi connectivity index (χ1v) is 8.48. The fraction of sp³-hybridized carbons (Fsp3) is 1.00. The molecule has 0 amide bonds. The standard InChI is InChI=1S/C7H16S6/c8-1-2-12-3-4-13-5-6(9)7(10)11/h6-11H,1-5H2. The summed E-state index contributed by atoms with van der Waals surface area (Å²) in [5, 5.41) is 0.284. The molecule has 1 unspecified atom stereocenters. The quantitative estimate of drug-likeness (QED) is 0.309. The maximum Gasteiger partial charge on any atom is 0.0566 e. The van der Waals surface area contributed by atoms with Gasteiger partial charge in [-0.25, -0.2) is 0 Å². The van der Waals surface area contributed by atoms with Gasteiger partial charge >= 0.3 is 0 Å². The summed E-state index contributed by atoms with van der Waals surface area (Å²) in [6.45, 7) is 0. The number of thioether (sulfide) groups is 2. The highest BCUT2D eigenvalue weighted by Crippen LogP contribution is 2.18. The number of hydrogen-bond acceptors (Lipinski definition) is 6. The number of hydrogen-bond donors (Lipinski definition) is 4. The van der Waals surface area contributed by atoms with Crippen LogP contribution < -0.4 is 0 Å². The van der Waals surface area contributed by atoms with Crippen LogP contribution in [0, 0.1) is 0 Å². The lowest BCUT2D eigenvalue weighted by Crippen LogP contribution is -2.12. The molecule has 0 bridgehead atoms. The van der Waals surface area contributed by atoms with E-state index in [4.69, 9.17) is 0 Å². The second-order valence-electron chi connectivity index (χ2n) is 2.39.